The van der Waals surface area contributed by atoms with E-state index in [1.807, 2.05) is 35.0 Å². The van der Waals surface area contributed by atoms with Gasteiger partial charge in [-0.1, -0.05) is 55.3 Å². The summed E-state index contributed by atoms with van der Waals surface area (Å²) in [4.78, 5) is 12.3. The van der Waals surface area contributed by atoms with Crippen molar-refractivity contribution in [2.75, 3.05) is 6.54 Å². The quantitative estimate of drug-likeness (QED) is 0.645. The van der Waals surface area contributed by atoms with Crippen molar-refractivity contribution in [2.24, 2.45) is 0 Å². The molecule has 0 saturated carbocycles. The number of hydrogen-bond donors (Lipinski definition) is 1. The maximum absolute atomic E-state index is 12.3. The molecule has 3 aromatic rings. The Balaban J connectivity index is 1.63. The zero-order valence-electron chi connectivity index (χ0n) is 16.7. The fourth-order valence-corrected chi connectivity index (χ4v) is 3.26. The smallest absolute Gasteiger partial charge is 0.407 e. The van der Waals surface area contributed by atoms with Gasteiger partial charge in [0.15, 0.2) is 5.75 Å². The van der Waals surface area contributed by atoms with Crippen molar-refractivity contribution in [1.29, 1.82) is 0 Å². The number of hydrogen-bond acceptors (Lipinski definition) is 3. The molecule has 0 atom stereocenters. The van der Waals surface area contributed by atoms with Crippen LogP contribution in [0.15, 0.2) is 54.7 Å². The van der Waals surface area contributed by atoms with Crippen LogP contribution in [0.2, 0.25) is 0 Å². The van der Waals surface area contributed by atoms with Gasteiger partial charge in [0.25, 0.3) is 0 Å². The van der Waals surface area contributed by atoms with Crippen molar-refractivity contribution in [3.8, 4) is 11.4 Å². The molecule has 0 radical (unpaired) electrons. The predicted octanol–water partition coefficient (Wildman–Crippen LogP) is 4.77. The van der Waals surface area contributed by atoms with Crippen LogP contribution in [0, 0.1) is 13.8 Å². The van der Waals surface area contributed by atoms with E-state index in [-0.39, 0.29) is 0 Å². The molecular weight excluding hydrogens is 350 g/mol. The summed E-state index contributed by atoms with van der Waals surface area (Å²) in [6.07, 6.45) is 3.65. The van der Waals surface area contributed by atoms with E-state index < -0.39 is 6.09 Å². The average molecular weight is 377 g/mol. The van der Waals surface area contributed by atoms with E-state index >= 15 is 0 Å². The van der Waals surface area contributed by atoms with Gasteiger partial charge < -0.3 is 10.1 Å². The lowest BCUT2D eigenvalue weighted by Gasteiger charge is -2.10. The Hall–Kier alpha value is -3.08. The summed E-state index contributed by atoms with van der Waals surface area (Å²) < 4.78 is 7.39. The normalized spacial score (nSPS) is 10.7. The third kappa shape index (κ3) is 4.80. The van der Waals surface area contributed by atoms with Crippen molar-refractivity contribution in [2.45, 2.75) is 40.0 Å². The van der Waals surface area contributed by atoms with Gasteiger partial charge in [-0.05, 0) is 49.9 Å². The highest BCUT2D eigenvalue weighted by Crippen LogP contribution is 2.23. The molecule has 0 bridgehead atoms. The Morgan fingerprint density at radius 1 is 1.11 bits per heavy atom. The maximum atomic E-state index is 12.3. The molecule has 2 aromatic carbocycles. The first kappa shape index (κ1) is 19.7. The Morgan fingerprint density at radius 3 is 2.61 bits per heavy atom. The molecule has 0 aliphatic heterocycles. The van der Waals surface area contributed by atoms with Crippen LogP contribution in [0.1, 0.15) is 35.7 Å². The highest BCUT2D eigenvalue weighted by atomic mass is 16.6. The van der Waals surface area contributed by atoms with Gasteiger partial charge in [0, 0.05) is 6.54 Å². The minimum Gasteiger partial charge on any atom is -0.407 e. The van der Waals surface area contributed by atoms with Gasteiger partial charge in [0.1, 0.15) is 0 Å². The zero-order chi connectivity index (χ0) is 19.9. The van der Waals surface area contributed by atoms with E-state index in [9.17, 15) is 4.79 Å². The molecule has 3 rings (SSSR count). The van der Waals surface area contributed by atoms with E-state index in [0.29, 0.717) is 12.3 Å². The van der Waals surface area contributed by atoms with Gasteiger partial charge in [-0.15, -0.1) is 0 Å². The first-order valence-corrected chi connectivity index (χ1v) is 9.72. The monoisotopic (exact) mass is 377 g/mol. The third-order valence-corrected chi connectivity index (χ3v) is 4.68. The van der Waals surface area contributed by atoms with Crippen LogP contribution in [0.4, 0.5) is 4.79 Å². The molecule has 28 heavy (non-hydrogen) atoms. The highest BCUT2D eigenvalue weighted by molar-refractivity contribution is 5.70. The number of nitrogens with one attached hydrogen (secondary N) is 1. The zero-order valence-corrected chi connectivity index (χ0v) is 16.7. The minimum absolute atomic E-state index is 0.449. The van der Waals surface area contributed by atoms with Gasteiger partial charge in [-0.2, -0.15) is 5.10 Å². The van der Waals surface area contributed by atoms with Gasteiger partial charge in [-0.25, -0.2) is 9.48 Å². The summed E-state index contributed by atoms with van der Waals surface area (Å²) in [5.41, 5.74) is 5.57. The molecule has 146 valence electrons. The number of benzene rings is 2. The standard InChI is InChI=1S/C23H27N3O2/c1-4-8-21-22(16-25-26(21)20-9-6-5-7-10-20)28-23(27)24-14-13-19-12-11-17(2)15-18(19)3/h5-7,9-12,15-16H,4,8,13-14H2,1-3H3,(H,24,27). The van der Waals surface area contributed by atoms with Gasteiger partial charge >= 0.3 is 6.09 Å². The predicted molar refractivity (Wildman–Crippen MR) is 111 cm³/mol. The van der Waals surface area contributed by atoms with Crippen LogP contribution in [-0.2, 0) is 12.8 Å². The van der Waals surface area contributed by atoms with Crippen LogP contribution in [-0.4, -0.2) is 22.4 Å². The van der Waals surface area contributed by atoms with Gasteiger partial charge in [-0.3, -0.25) is 0 Å². The third-order valence-electron chi connectivity index (χ3n) is 4.68. The number of amides is 1. The van der Waals surface area contributed by atoms with Crippen molar-refractivity contribution < 1.29 is 9.53 Å². The molecule has 0 saturated heterocycles. The van der Waals surface area contributed by atoms with Gasteiger partial charge in [0.05, 0.1) is 17.6 Å². The summed E-state index contributed by atoms with van der Waals surface area (Å²) in [7, 11) is 0. The largest absolute Gasteiger partial charge is 0.412 e. The second kappa shape index (κ2) is 9.22. The lowest BCUT2D eigenvalue weighted by atomic mass is 10.0. The van der Waals surface area contributed by atoms with Crippen LogP contribution in [0.25, 0.3) is 5.69 Å². The second-order valence-corrected chi connectivity index (χ2v) is 6.95. The molecular formula is C23H27N3O2. The molecule has 0 fully saturated rings. The second-order valence-electron chi connectivity index (χ2n) is 6.95. The molecule has 0 spiro atoms. The van der Waals surface area contributed by atoms with Crippen LogP contribution in [0.5, 0.6) is 5.75 Å². The number of para-hydroxylation sites is 1. The van der Waals surface area contributed by atoms with E-state index in [0.717, 1.165) is 30.6 Å². The summed E-state index contributed by atoms with van der Waals surface area (Å²) in [6, 6.07) is 16.2. The lowest BCUT2D eigenvalue weighted by Crippen LogP contribution is -2.29. The van der Waals surface area contributed by atoms with E-state index in [2.05, 4.69) is 49.4 Å². The Kier molecular flexibility index (Phi) is 6.48. The van der Waals surface area contributed by atoms with Gasteiger partial charge in [0.2, 0.25) is 0 Å². The van der Waals surface area contributed by atoms with Crippen LogP contribution in [0.3, 0.4) is 0 Å². The number of aryl methyl sites for hydroxylation is 2. The molecule has 0 aliphatic carbocycles. The summed E-state index contributed by atoms with van der Waals surface area (Å²) >= 11 is 0. The molecule has 5 heteroatoms. The summed E-state index contributed by atoms with van der Waals surface area (Å²) in [6.45, 7) is 6.79. The molecule has 1 amide bonds. The summed E-state index contributed by atoms with van der Waals surface area (Å²) in [5.74, 6) is 0.509. The average Bonchev–Trinajstić information content (AvgIpc) is 3.07. The SMILES string of the molecule is CCCc1c(OC(=O)NCCc2ccc(C)cc2C)cnn1-c1ccccc1. The molecule has 0 aliphatic rings. The van der Waals surface area contributed by atoms with Crippen molar-refractivity contribution >= 4 is 6.09 Å². The molecule has 0 unspecified atom stereocenters. The number of nitrogens with zero attached hydrogens (tertiary/aromatic N) is 2. The minimum atomic E-state index is -0.449. The molecule has 5 nitrogen and oxygen atoms in total. The van der Waals surface area contributed by atoms with Crippen LogP contribution < -0.4 is 10.1 Å². The number of rotatable bonds is 7. The number of carbonyl (C=O) groups excluding carboxylic acids is 1. The Labute approximate surface area is 166 Å². The Bertz CT molecular complexity index is 932. The number of carbonyl (C=O) groups is 1. The number of ether oxygens (including phenoxy) is 1. The van der Waals surface area contributed by atoms with Crippen molar-refractivity contribution in [3.05, 3.63) is 77.1 Å². The van der Waals surface area contributed by atoms with Crippen molar-refractivity contribution in [3.63, 3.8) is 0 Å². The van der Waals surface area contributed by atoms with E-state index in [1.165, 1.54) is 16.7 Å². The lowest BCUT2D eigenvalue weighted by molar-refractivity contribution is 0.200. The number of aromatic nitrogens is 2. The fraction of sp³-hybridized carbons (Fsp3) is 0.304. The Morgan fingerprint density at radius 2 is 1.89 bits per heavy atom. The van der Waals surface area contributed by atoms with Crippen LogP contribution >= 0.6 is 0 Å². The maximum Gasteiger partial charge on any atom is 0.412 e. The fourth-order valence-electron chi connectivity index (χ4n) is 3.26. The van der Waals surface area contributed by atoms with E-state index in [1.54, 1.807) is 6.20 Å². The molecule has 1 heterocycles. The van der Waals surface area contributed by atoms with E-state index in [4.69, 9.17) is 4.74 Å². The summed E-state index contributed by atoms with van der Waals surface area (Å²) in [5, 5.41) is 7.26. The molecule has 1 aromatic heterocycles. The topological polar surface area (TPSA) is 56.1 Å². The molecule has 1 N–H and O–H groups in total. The van der Waals surface area contributed by atoms with Crippen molar-refractivity contribution in [1.82, 2.24) is 15.1 Å². The highest BCUT2D eigenvalue weighted by Gasteiger charge is 2.16. The first-order valence-electron chi connectivity index (χ1n) is 9.72. The first-order chi connectivity index (χ1) is 13.6.